The molecule has 3 fully saturated rings. The first kappa shape index (κ1) is 27.3. The monoisotopic (exact) mass is 558 g/mol. The molecule has 2 heterocycles. The number of benzene rings is 2. The van der Waals surface area contributed by atoms with Crippen LogP contribution in [0.5, 0.6) is 0 Å². The molecular weight excluding hydrogens is 520 g/mol. The van der Waals surface area contributed by atoms with E-state index in [0.29, 0.717) is 17.8 Å². The molecule has 1 aliphatic heterocycles. The fraction of sp³-hybridized carbons (Fsp3) is 0.500. The van der Waals surface area contributed by atoms with Crippen molar-refractivity contribution >= 4 is 28.9 Å². The number of piperidine rings is 1. The van der Waals surface area contributed by atoms with E-state index < -0.39 is 11.9 Å². The Morgan fingerprint density at radius 2 is 1.76 bits per heavy atom. The number of imidazole rings is 1. The highest BCUT2D eigenvalue weighted by Gasteiger charge is 2.46. The molecule has 1 N–H and O–H groups in total. The number of amides is 3. The Bertz CT molecular complexity index is 1520. The van der Waals surface area contributed by atoms with Gasteiger partial charge in [-0.15, -0.1) is 0 Å². The molecule has 9 heteroatoms. The van der Waals surface area contributed by atoms with Crippen LogP contribution in [0.15, 0.2) is 53.3 Å². The summed E-state index contributed by atoms with van der Waals surface area (Å²) in [5.74, 6) is -0.157. The van der Waals surface area contributed by atoms with Crippen LogP contribution in [0.2, 0.25) is 0 Å². The third-order valence-corrected chi connectivity index (χ3v) is 9.72. The van der Waals surface area contributed by atoms with Gasteiger partial charge in [0, 0.05) is 26.6 Å². The molecule has 0 radical (unpaired) electrons. The molecule has 9 nitrogen and oxygen atoms in total. The van der Waals surface area contributed by atoms with Crippen molar-refractivity contribution in [2.75, 3.05) is 7.05 Å². The van der Waals surface area contributed by atoms with Crippen molar-refractivity contribution in [2.24, 2.45) is 18.4 Å². The summed E-state index contributed by atoms with van der Waals surface area (Å²) in [7, 11) is 3.62. The second kappa shape index (κ2) is 10.8. The number of aryl methyl sites for hydroxylation is 1. The van der Waals surface area contributed by atoms with Crippen molar-refractivity contribution in [2.45, 2.75) is 76.5 Å². The fourth-order valence-corrected chi connectivity index (χ4v) is 7.52. The number of hydrogen-bond donors (Lipinski definition) is 1. The SMILES string of the molecule is Cn1c(=O)n(C2CCC(=O)NC2=O)c2cccc(C[C@H]3CC4(CC[C@H](N(C)C(=O)OCc5ccccc5)CC4)C3)c21. The van der Waals surface area contributed by atoms with E-state index in [9.17, 15) is 19.2 Å². The van der Waals surface area contributed by atoms with Crippen LogP contribution >= 0.6 is 0 Å². The van der Waals surface area contributed by atoms with Crippen molar-refractivity contribution in [3.63, 3.8) is 0 Å². The Hall–Kier alpha value is -3.88. The smallest absolute Gasteiger partial charge is 0.410 e. The van der Waals surface area contributed by atoms with Gasteiger partial charge in [0.2, 0.25) is 11.8 Å². The van der Waals surface area contributed by atoms with Gasteiger partial charge in [-0.05, 0) is 79.9 Å². The maximum Gasteiger partial charge on any atom is 0.410 e. The highest BCUT2D eigenvalue weighted by molar-refractivity contribution is 6.00. The molecule has 1 unspecified atom stereocenters. The lowest BCUT2D eigenvalue weighted by Crippen LogP contribution is -2.46. The summed E-state index contributed by atoms with van der Waals surface area (Å²) >= 11 is 0. The Morgan fingerprint density at radius 1 is 1.02 bits per heavy atom. The summed E-state index contributed by atoms with van der Waals surface area (Å²) in [6, 6.07) is 15.2. The number of imide groups is 1. The number of nitrogens with one attached hydrogen (secondary N) is 1. The van der Waals surface area contributed by atoms with Crippen LogP contribution in [0, 0.1) is 11.3 Å². The third kappa shape index (κ3) is 5.18. The van der Waals surface area contributed by atoms with Crippen LogP contribution < -0.4 is 11.0 Å². The van der Waals surface area contributed by atoms with Crippen molar-refractivity contribution in [1.82, 2.24) is 19.4 Å². The van der Waals surface area contributed by atoms with E-state index >= 15 is 0 Å². The highest BCUT2D eigenvalue weighted by Crippen LogP contribution is 2.56. The lowest BCUT2D eigenvalue weighted by Gasteiger charge is -2.52. The zero-order valence-electron chi connectivity index (χ0n) is 23.8. The van der Waals surface area contributed by atoms with Gasteiger partial charge in [0.05, 0.1) is 11.0 Å². The van der Waals surface area contributed by atoms with Crippen molar-refractivity contribution in [3.8, 4) is 0 Å². The van der Waals surface area contributed by atoms with Gasteiger partial charge in [-0.25, -0.2) is 9.59 Å². The Morgan fingerprint density at radius 3 is 2.46 bits per heavy atom. The molecular formula is C32H38N4O5. The number of aromatic nitrogens is 2. The summed E-state index contributed by atoms with van der Waals surface area (Å²) in [5.41, 5.74) is 3.86. The topological polar surface area (TPSA) is 103 Å². The molecule has 1 spiro atoms. The fourth-order valence-electron chi connectivity index (χ4n) is 7.52. The molecule has 1 saturated heterocycles. The Kier molecular flexibility index (Phi) is 7.21. The molecule has 0 bridgehead atoms. The quantitative estimate of drug-likeness (QED) is 0.450. The minimum Gasteiger partial charge on any atom is -0.445 e. The van der Waals surface area contributed by atoms with Crippen LogP contribution in [-0.2, 0) is 34.4 Å². The summed E-state index contributed by atoms with van der Waals surface area (Å²) in [5, 5.41) is 2.38. The van der Waals surface area contributed by atoms with E-state index in [2.05, 4.69) is 11.4 Å². The number of rotatable bonds is 6. The van der Waals surface area contributed by atoms with Gasteiger partial charge in [0.25, 0.3) is 0 Å². The first-order valence-electron chi connectivity index (χ1n) is 14.7. The predicted octanol–water partition coefficient (Wildman–Crippen LogP) is 4.47. The molecule has 3 amide bonds. The van der Waals surface area contributed by atoms with Gasteiger partial charge in [-0.2, -0.15) is 0 Å². The molecule has 3 aromatic rings. The number of fused-ring (bicyclic) bond motifs is 1. The van der Waals surface area contributed by atoms with Gasteiger partial charge in [-0.3, -0.25) is 24.0 Å². The molecule has 2 aromatic carbocycles. The van der Waals surface area contributed by atoms with E-state index in [4.69, 9.17) is 4.74 Å². The largest absolute Gasteiger partial charge is 0.445 e. The maximum atomic E-state index is 13.2. The lowest BCUT2D eigenvalue weighted by atomic mass is 9.54. The normalized spacial score (nSPS) is 26.0. The van der Waals surface area contributed by atoms with Crippen LogP contribution in [0.25, 0.3) is 11.0 Å². The molecule has 2 saturated carbocycles. The van der Waals surface area contributed by atoms with Crippen LogP contribution in [0.1, 0.15) is 68.5 Å². The Labute approximate surface area is 239 Å². The van der Waals surface area contributed by atoms with Gasteiger partial charge < -0.3 is 9.64 Å². The third-order valence-electron chi connectivity index (χ3n) is 9.72. The number of nitrogens with zero attached hydrogens (tertiary/aromatic N) is 3. The minimum atomic E-state index is -0.671. The number of ether oxygens (including phenoxy) is 1. The Balaban J connectivity index is 1.06. The predicted molar refractivity (Wildman–Crippen MR) is 154 cm³/mol. The number of para-hydroxylation sites is 1. The number of carbonyl (C=O) groups excluding carboxylic acids is 3. The van der Waals surface area contributed by atoms with Crippen molar-refractivity contribution < 1.29 is 19.1 Å². The second-order valence-electron chi connectivity index (χ2n) is 12.3. The van der Waals surface area contributed by atoms with Gasteiger partial charge in [0.1, 0.15) is 12.6 Å². The van der Waals surface area contributed by atoms with E-state index in [-0.39, 0.29) is 36.8 Å². The van der Waals surface area contributed by atoms with Crippen LogP contribution in [-0.4, -0.2) is 45.0 Å². The van der Waals surface area contributed by atoms with Gasteiger partial charge in [-0.1, -0.05) is 42.5 Å². The number of carbonyl (C=O) groups is 3. The van der Waals surface area contributed by atoms with Crippen LogP contribution in [0.3, 0.4) is 0 Å². The van der Waals surface area contributed by atoms with Crippen LogP contribution in [0.4, 0.5) is 4.79 Å². The first-order chi connectivity index (χ1) is 19.7. The summed E-state index contributed by atoms with van der Waals surface area (Å²) in [4.78, 5) is 51.9. The molecule has 1 aromatic heterocycles. The van der Waals surface area contributed by atoms with E-state index in [1.165, 1.54) is 0 Å². The van der Waals surface area contributed by atoms with Gasteiger partial charge >= 0.3 is 11.8 Å². The summed E-state index contributed by atoms with van der Waals surface area (Å²) in [6.45, 7) is 0.289. The molecule has 2 aliphatic carbocycles. The van der Waals surface area contributed by atoms with E-state index in [1.54, 1.807) is 21.1 Å². The van der Waals surface area contributed by atoms with Gasteiger partial charge in [0.15, 0.2) is 0 Å². The zero-order valence-corrected chi connectivity index (χ0v) is 23.8. The molecule has 3 aliphatic rings. The van der Waals surface area contributed by atoms with Crippen molar-refractivity contribution in [3.05, 3.63) is 70.1 Å². The number of hydrogen-bond acceptors (Lipinski definition) is 5. The van der Waals surface area contributed by atoms with E-state index in [1.807, 2.05) is 49.5 Å². The molecule has 41 heavy (non-hydrogen) atoms. The average molecular weight is 559 g/mol. The highest BCUT2D eigenvalue weighted by atomic mass is 16.6. The van der Waals surface area contributed by atoms with E-state index in [0.717, 1.165) is 67.1 Å². The summed E-state index contributed by atoms with van der Waals surface area (Å²) < 4.78 is 8.76. The maximum absolute atomic E-state index is 13.2. The van der Waals surface area contributed by atoms with Crippen molar-refractivity contribution in [1.29, 1.82) is 0 Å². The average Bonchev–Trinajstić information content (AvgIpc) is 3.21. The lowest BCUT2D eigenvalue weighted by molar-refractivity contribution is -0.135. The zero-order chi connectivity index (χ0) is 28.7. The standard InChI is InChI=1S/C32H38N4O5/c1-34(31(40)41-20-21-7-4-3-5-8-21)24-13-15-32(16-14-24)18-22(19-32)17-23-9-6-10-25-28(23)35(2)30(39)36(25)26-11-12-27(37)33-29(26)38/h3-10,22,24,26H,11-20H2,1-2H3,(H,33,37,38)/t22-,24-,26?,32?. The first-order valence-corrected chi connectivity index (χ1v) is 14.7. The minimum absolute atomic E-state index is 0.207. The molecule has 6 rings (SSSR count). The second-order valence-corrected chi connectivity index (χ2v) is 12.3. The molecule has 216 valence electrons. The molecule has 1 atom stereocenters. The summed E-state index contributed by atoms with van der Waals surface area (Å²) in [6.07, 6.45) is 7.70.